The fourth-order valence-electron chi connectivity index (χ4n) is 0. The molecule has 0 amide bonds. The van der Waals surface area contributed by atoms with Gasteiger partial charge in [-0.1, -0.05) is 0 Å². The Balaban J connectivity index is 0. The van der Waals surface area contributed by atoms with Crippen molar-refractivity contribution < 1.29 is 51.9 Å². The fourth-order valence-corrected chi connectivity index (χ4v) is 0. The quantitative estimate of drug-likeness (QED) is 0.468. The number of rotatable bonds is 0. The third kappa shape index (κ3) is 111. The minimum atomic E-state index is -2.33. The predicted molar refractivity (Wildman–Crippen MR) is 5.40 cm³/mol. The Kier molecular flexibility index (Phi) is 8.19. The molecule has 0 aliphatic carbocycles. The number of hydrogen-bond acceptors (Lipinski definition) is 3. The van der Waals surface area contributed by atoms with Crippen LogP contribution in [0.4, 0.5) is 4.79 Å². The van der Waals surface area contributed by atoms with Gasteiger partial charge in [0, 0.05) is 0 Å². The molecule has 0 saturated carbocycles. The number of carbonyl (C=O) groups excluding carboxylic acids is 1. The van der Waals surface area contributed by atoms with Gasteiger partial charge < -0.3 is 15.0 Å². The topological polar surface area (TPSA) is 63.2 Å². The van der Waals surface area contributed by atoms with Crippen molar-refractivity contribution in [2.45, 2.75) is 0 Å². The van der Waals surface area contributed by atoms with Crippen LogP contribution in [-0.4, -0.2) is 6.16 Å². The van der Waals surface area contributed by atoms with E-state index in [1.807, 2.05) is 0 Å². The van der Waals surface area contributed by atoms with Crippen molar-refractivity contribution in [3.8, 4) is 0 Å². The van der Waals surface area contributed by atoms with Crippen molar-refractivity contribution in [1.29, 1.82) is 0 Å². The summed E-state index contributed by atoms with van der Waals surface area (Å²) >= 11 is 0. The Hall–Kier alpha value is 0.504. The average molecular weight is 235 g/mol. The van der Waals surface area contributed by atoms with E-state index in [2.05, 4.69) is 0 Å². The third-order valence-electron chi connectivity index (χ3n) is 0. The van der Waals surface area contributed by atoms with E-state index in [1.54, 1.807) is 0 Å². The summed E-state index contributed by atoms with van der Waals surface area (Å²) in [7, 11) is 0. The summed E-state index contributed by atoms with van der Waals surface area (Å²) in [6, 6.07) is 0. The summed E-state index contributed by atoms with van der Waals surface area (Å²) in [5, 5.41) is 16.7. The van der Waals surface area contributed by atoms with Crippen LogP contribution in [0, 0.1) is 36.9 Å². The molecule has 0 bridgehead atoms. The van der Waals surface area contributed by atoms with Gasteiger partial charge in [-0.25, -0.2) is 0 Å². The van der Waals surface area contributed by atoms with Crippen LogP contribution in [0.2, 0.25) is 0 Å². The van der Waals surface area contributed by atoms with Crippen molar-refractivity contribution in [3.63, 3.8) is 0 Å². The molecule has 0 heterocycles. The summed E-state index contributed by atoms with van der Waals surface area (Å²) in [5.41, 5.74) is 0. The molecule has 5 heavy (non-hydrogen) atoms. The second-order valence-electron chi connectivity index (χ2n) is 0.250. The largest absolute Gasteiger partial charge is 3.00 e. The Morgan fingerprint density at radius 2 is 1.40 bits per heavy atom. The van der Waals surface area contributed by atoms with Crippen molar-refractivity contribution in [2.75, 3.05) is 0 Å². The molecule has 0 fully saturated rings. The third-order valence-corrected chi connectivity index (χ3v) is 0. The van der Waals surface area contributed by atoms with E-state index >= 15 is 0 Å². The Labute approximate surface area is 57.8 Å². The van der Waals surface area contributed by atoms with E-state index < -0.39 is 6.16 Å². The summed E-state index contributed by atoms with van der Waals surface area (Å²) in [4.78, 5) is 8.33. The normalized spacial score (nSPS) is 4.80. The summed E-state index contributed by atoms with van der Waals surface area (Å²) in [6.07, 6.45) is -2.33. The summed E-state index contributed by atoms with van der Waals surface area (Å²) < 4.78 is 0. The fraction of sp³-hybridized carbons (Fsp3) is 0. The van der Waals surface area contributed by atoms with Crippen LogP contribution in [0.25, 0.3) is 0 Å². The molecule has 0 atom stereocenters. The van der Waals surface area contributed by atoms with E-state index in [0.29, 0.717) is 0 Å². The minimum absolute atomic E-state index is 0. The molecular weight excluding hydrogens is 235 g/mol. The van der Waals surface area contributed by atoms with Gasteiger partial charge in [0.1, 0.15) is 0 Å². The van der Waals surface area contributed by atoms with Gasteiger partial charge in [-0.15, -0.1) is 0 Å². The zero-order chi connectivity index (χ0) is 3.58. The summed E-state index contributed by atoms with van der Waals surface area (Å²) in [5.74, 6) is 0. The summed E-state index contributed by atoms with van der Waals surface area (Å²) in [6.45, 7) is 0. The standard InChI is InChI=1S/CH2O3.Lu/c2-1(3)4;/h(H2,2,3,4);/q;+3/p-2. The maximum atomic E-state index is 8.33. The second kappa shape index (κ2) is 4.50. The smallest absolute Gasteiger partial charge is 0.652 e. The van der Waals surface area contributed by atoms with Crippen molar-refractivity contribution in [1.82, 2.24) is 0 Å². The van der Waals surface area contributed by atoms with Gasteiger partial charge in [0.05, 0.1) is 0 Å². The molecule has 0 aromatic carbocycles. The Bertz CT molecular complexity index is 29.9. The molecule has 0 saturated heterocycles. The Morgan fingerprint density at radius 3 is 1.40 bits per heavy atom. The van der Waals surface area contributed by atoms with Gasteiger partial charge >= 0.3 is 36.9 Å². The molecule has 0 unspecified atom stereocenters. The van der Waals surface area contributed by atoms with Crippen LogP contribution in [0.5, 0.6) is 0 Å². The molecule has 0 radical (unpaired) electrons. The van der Waals surface area contributed by atoms with E-state index in [9.17, 15) is 0 Å². The molecule has 3 nitrogen and oxygen atoms in total. The molecule has 4 heteroatoms. The molecule has 0 aromatic rings. The molecule has 0 aromatic heterocycles. The molecule has 0 aliphatic heterocycles. The van der Waals surface area contributed by atoms with Crippen LogP contribution in [0.1, 0.15) is 0 Å². The second-order valence-corrected chi connectivity index (χ2v) is 0.250. The van der Waals surface area contributed by atoms with Crippen LogP contribution < -0.4 is 10.2 Å². The molecule has 0 rings (SSSR count). The maximum absolute atomic E-state index is 8.33. The maximum Gasteiger partial charge on any atom is 3.00 e. The first-order chi connectivity index (χ1) is 1.73. The number of carbonyl (C=O) groups is 1. The van der Waals surface area contributed by atoms with Crippen LogP contribution in [0.3, 0.4) is 0 Å². The number of carboxylic acid groups (broad SMARTS) is 2. The zero-order valence-corrected chi connectivity index (χ0v) is 3.64. The zero-order valence-electron chi connectivity index (χ0n) is 1.98. The predicted octanol–water partition coefficient (Wildman–Crippen LogP) is -2.45. The first-order valence-electron chi connectivity index (χ1n) is 0.612. The molecule has 0 aliphatic rings. The molecule has 36 valence electrons. The molecular formula is CLuO3+. The van der Waals surface area contributed by atoms with Gasteiger partial charge in [0.25, 0.3) is 0 Å². The SMILES string of the molecule is O=C([O-])[O-].[Lu+3]. The van der Waals surface area contributed by atoms with E-state index in [4.69, 9.17) is 15.0 Å². The van der Waals surface area contributed by atoms with Crippen LogP contribution in [0.15, 0.2) is 0 Å². The van der Waals surface area contributed by atoms with Gasteiger partial charge in [0.2, 0.25) is 0 Å². The average Bonchev–Trinajstić information content (AvgIpc) is 0.811. The van der Waals surface area contributed by atoms with Crippen molar-refractivity contribution in [3.05, 3.63) is 0 Å². The van der Waals surface area contributed by atoms with E-state index in [-0.39, 0.29) is 36.9 Å². The molecule has 0 spiro atoms. The number of hydrogen-bond donors (Lipinski definition) is 0. The monoisotopic (exact) mass is 235 g/mol. The van der Waals surface area contributed by atoms with Crippen LogP contribution in [-0.2, 0) is 0 Å². The van der Waals surface area contributed by atoms with Crippen LogP contribution >= 0.6 is 0 Å². The molecule has 0 N–H and O–H groups in total. The van der Waals surface area contributed by atoms with Gasteiger partial charge in [-0.05, 0) is 6.16 Å². The van der Waals surface area contributed by atoms with Gasteiger partial charge in [0.15, 0.2) is 0 Å². The minimum Gasteiger partial charge on any atom is -0.652 e. The first kappa shape index (κ1) is 9.09. The van der Waals surface area contributed by atoms with Crippen molar-refractivity contribution >= 4 is 6.16 Å². The van der Waals surface area contributed by atoms with Gasteiger partial charge in [-0.2, -0.15) is 0 Å². The van der Waals surface area contributed by atoms with Gasteiger partial charge in [-0.3, -0.25) is 0 Å². The van der Waals surface area contributed by atoms with Crippen molar-refractivity contribution in [2.24, 2.45) is 0 Å². The van der Waals surface area contributed by atoms with E-state index in [1.165, 1.54) is 0 Å². The first-order valence-corrected chi connectivity index (χ1v) is 0.612. The van der Waals surface area contributed by atoms with E-state index in [0.717, 1.165) is 0 Å². The Morgan fingerprint density at radius 1 is 1.40 bits per heavy atom.